The molecule has 2 aromatic heterocycles. The largest absolute Gasteiger partial charge is 0.463 e. The summed E-state index contributed by atoms with van der Waals surface area (Å²) in [6.07, 6.45) is 4.53. The minimum atomic E-state index is -0.0815. The van der Waals surface area contributed by atoms with Crippen LogP contribution in [0.25, 0.3) is 0 Å². The summed E-state index contributed by atoms with van der Waals surface area (Å²) in [5.74, 6) is 0.965. The van der Waals surface area contributed by atoms with E-state index >= 15 is 0 Å². The van der Waals surface area contributed by atoms with Crippen LogP contribution in [0.3, 0.4) is 0 Å². The van der Waals surface area contributed by atoms with Crippen molar-refractivity contribution in [3.05, 3.63) is 46.5 Å². The molecule has 9 heteroatoms. The Bertz CT molecular complexity index is 944. The van der Waals surface area contributed by atoms with Gasteiger partial charge in [0.1, 0.15) is 11.5 Å². The van der Waals surface area contributed by atoms with Gasteiger partial charge in [-0.15, -0.1) is 11.3 Å². The number of rotatable bonds is 6. The molecule has 8 nitrogen and oxygen atoms in total. The van der Waals surface area contributed by atoms with Crippen LogP contribution in [0.1, 0.15) is 35.9 Å². The minimum Gasteiger partial charge on any atom is -0.463 e. The van der Waals surface area contributed by atoms with E-state index in [1.165, 1.54) is 0 Å². The quantitative estimate of drug-likeness (QED) is 0.668. The fourth-order valence-electron chi connectivity index (χ4n) is 4.66. The molecule has 2 amide bonds. The minimum absolute atomic E-state index is 0.00606. The number of piperazine rings is 1. The van der Waals surface area contributed by atoms with Gasteiger partial charge in [-0.25, -0.2) is 5.01 Å². The summed E-state index contributed by atoms with van der Waals surface area (Å²) in [5, 5.41) is 8.34. The van der Waals surface area contributed by atoms with Crippen molar-refractivity contribution in [1.29, 1.82) is 0 Å². The van der Waals surface area contributed by atoms with E-state index in [1.807, 2.05) is 28.5 Å². The molecule has 1 atom stereocenters. The van der Waals surface area contributed by atoms with Gasteiger partial charge in [0, 0.05) is 50.6 Å². The third-order valence-corrected chi connectivity index (χ3v) is 7.46. The lowest BCUT2D eigenvalue weighted by atomic mass is 10.1. The molecule has 170 valence electrons. The number of nitrogens with zero attached hydrogens (tertiary/aromatic N) is 5. The molecule has 32 heavy (non-hydrogen) atoms. The van der Waals surface area contributed by atoms with E-state index in [9.17, 15) is 9.59 Å². The second kappa shape index (κ2) is 9.56. The molecule has 5 rings (SSSR count). The zero-order valence-electron chi connectivity index (χ0n) is 18.2. The number of carbonyl (C=O) groups is 2. The van der Waals surface area contributed by atoms with Gasteiger partial charge < -0.3 is 9.32 Å². The molecule has 0 aliphatic carbocycles. The van der Waals surface area contributed by atoms with Gasteiger partial charge in [-0.2, -0.15) is 5.10 Å². The van der Waals surface area contributed by atoms with Gasteiger partial charge >= 0.3 is 0 Å². The highest BCUT2D eigenvalue weighted by molar-refractivity contribution is 7.10. The molecule has 0 spiro atoms. The summed E-state index contributed by atoms with van der Waals surface area (Å²) >= 11 is 1.65. The van der Waals surface area contributed by atoms with Crippen LogP contribution in [0.5, 0.6) is 0 Å². The van der Waals surface area contributed by atoms with Crippen molar-refractivity contribution in [3.8, 4) is 0 Å². The number of carbonyl (C=O) groups excluding carboxylic acids is 2. The fourth-order valence-corrected chi connectivity index (χ4v) is 5.47. The standard InChI is InChI=1S/C23H29N5O3S/c29-22(27-7-1-2-8-27)16-25-9-11-26(12-10-25)17-23(30)28-19(21-6-4-14-32-21)15-18(24-28)20-5-3-13-31-20/h3-6,13-14,19H,1-2,7-12,15-17H2. The van der Waals surface area contributed by atoms with E-state index in [4.69, 9.17) is 4.42 Å². The van der Waals surface area contributed by atoms with Crippen LogP contribution >= 0.6 is 11.3 Å². The molecule has 0 N–H and O–H groups in total. The van der Waals surface area contributed by atoms with E-state index in [1.54, 1.807) is 22.6 Å². The van der Waals surface area contributed by atoms with Gasteiger partial charge in [0.15, 0.2) is 0 Å². The molecule has 0 saturated carbocycles. The first-order chi connectivity index (χ1) is 15.7. The molecule has 3 aliphatic rings. The molecule has 3 aliphatic heterocycles. The Morgan fingerprint density at radius 1 is 0.969 bits per heavy atom. The second-order valence-electron chi connectivity index (χ2n) is 8.64. The van der Waals surface area contributed by atoms with Crippen molar-refractivity contribution in [3.63, 3.8) is 0 Å². The normalized spacial score (nSPS) is 22.5. The predicted molar refractivity (Wildman–Crippen MR) is 122 cm³/mol. The summed E-state index contributed by atoms with van der Waals surface area (Å²) in [4.78, 5) is 33.1. The van der Waals surface area contributed by atoms with E-state index < -0.39 is 0 Å². The van der Waals surface area contributed by atoms with Crippen LogP contribution in [-0.4, -0.2) is 89.6 Å². The number of thiophene rings is 1. The number of furan rings is 1. The Labute approximate surface area is 192 Å². The molecule has 2 saturated heterocycles. The van der Waals surface area contributed by atoms with E-state index in [-0.39, 0.29) is 17.9 Å². The zero-order chi connectivity index (χ0) is 21.9. The van der Waals surface area contributed by atoms with Crippen LogP contribution < -0.4 is 0 Å². The van der Waals surface area contributed by atoms with Crippen molar-refractivity contribution in [1.82, 2.24) is 19.7 Å². The summed E-state index contributed by atoms with van der Waals surface area (Å²) in [7, 11) is 0. The Kier molecular flexibility index (Phi) is 6.38. The van der Waals surface area contributed by atoms with Crippen molar-refractivity contribution in [2.24, 2.45) is 5.10 Å². The average Bonchev–Trinajstić information content (AvgIpc) is 3.61. The van der Waals surface area contributed by atoms with E-state index in [0.29, 0.717) is 19.5 Å². The average molecular weight is 456 g/mol. The molecule has 0 bridgehead atoms. The molecule has 0 aromatic carbocycles. The van der Waals surface area contributed by atoms with Crippen LogP contribution in [0.4, 0.5) is 0 Å². The van der Waals surface area contributed by atoms with Crippen molar-refractivity contribution in [2.75, 3.05) is 52.4 Å². The van der Waals surface area contributed by atoms with Gasteiger partial charge in [0.2, 0.25) is 5.91 Å². The van der Waals surface area contributed by atoms with Gasteiger partial charge in [0.25, 0.3) is 5.91 Å². The Balaban J connectivity index is 1.18. The highest BCUT2D eigenvalue weighted by Gasteiger charge is 2.35. The van der Waals surface area contributed by atoms with Crippen LogP contribution in [0.2, 0.25) is 0 Å². The fraction of sp³-hybridized carbons (Fsp3) is 0.522. The van der Waals surface area contributed by atoms with Crippen LogP contribution in [0, 0.1) is 0 Å². The lowest BCUT2D eigenvalue weighted by Gasteiger charge is -2.35. The third-order valence-electron chi connectivity index (χ3n) is 6.48. The van der Waals surface area contributed by atoms with Gasteiger partial charge in [0.05, 0.1) is 25.4 Å². The van der Waals surface area contributed by atoms with E-state index in [0.717, 1.165) is 68.5 Å². The second-order valence-corrected chi connectivity index (χ2v) is 9.62. The maximum atomic E-state index is 13.2. The summed E-state index contributed by atoms with van der Waals surface area (Å²) < 4.78 is 5.53. The van der Waals surface area contributed by atoms with Gasteiger partial charge in [-0.05, 0) is 36.4 Å². The summed E-state index contributed by atoms with van der Waals surface area (Å²) in [6, 6.07) is 7.72. The number of hydrazone groups is 1. The van der Waals surface area contributed by atoms with Gasteiger partial charge in [-0.3, -0.25) is 19.4 Å². The lowest BCUT2D eigenvalue weighted by molar-refractivity contribution is -0.136. The molecule has 2 fully saturated rings. The lowest BCUT2D eigenvalue weighted by Crippen LogP contribution is -2.51. The molecule has 2 aromatic rings. The molecule has 1 unspecified atom stereocenters. The maximum Gasteiger partial charge on any atom is 0.257 e. The first-order valence-electron chi connectivity index (χ1n) is 11.4. The summed E-state index contributed by atoms with van der Waals surface area (Å²) in [6.45, 7) is 5.81. The first-order valence-corrected chi connectivity index (χ1v) is 12.2. The number of hydrogen-bond donors (Lipinski definition) is 0. The van der Waals surface area contributed by atoms with Crippen molar-refractivity contribution >= 4 is 28.9 Å². The zero-order valence-corrected chi connectivity index (χ0v) is 19.0. The smallest absolute Gasteiger partial charge is 0.257 e. The highest BCUT2D eigenvalue weighted by atomic mass is 32.1. The Morgan fingerprint density at radius 2 is 1.69 bits per heavy atom. The number of hydrogen-bond acceptors (Lipinski definition) is 7. The monoisotopic (exact) mass is 455 g/mol. The first kappa shape index (κ1) is 21.4. The van der Waals surface area contributed by atoms with Crippen molar-refractivity contribution < 1.29 is 14.0 Å². The van der Waals surface area contributed by atoms with E-state index in [2.05, 4.69) is 21.0 Å². The molecule has 5 heterocycles. The Hall–Kier alpha value is -2.49. The maximum absolute atomic E-state index is 13.2. The SMILES string of the molecule is O=C(CN1CCN(CC(=O)N2N=C(c3ccco3)CC2c2cccs2)CC1)N1CCCC1. The Morgan fingerprint density at radius 3 is 2.31 bits per heavy atom. The highest BCUT2D eigenvalue weighted by Crippen LogP contribution is 2.35. The third kappa shape index (κ3) is 4.65. The van der Waals surface area contributed by atoms with Crippen LogP contribution in [0.15, 0.2) is 45.4 Å². The molecular weight excluding hydrogens is 426 g/mol. The number of likely N-dealkylation sites (tertiary alicyclic amines) is 1. The van der Waals surface area contributed by atoms with Gasteiger partial charge in [-0.1, -0.05) is 6.07 Å². The topological polar surface area (TPSA) is 72.6 Å². The van der Waals surface area contributed by atoms with Crippen LogP contribution in [-0.2, 0) is 9.59 Å². The number of amides is 2. The molecular formula is C23H29N5O3S. The summed E-state index contributed by atoms with van der Waals surface area (Å²) in [5.41, 5.74) is 0.812. The predicted octanol–water partition coefficient (Wildman–Crippen LogP) is 2.26. The molecule has 0 radical (unpaired) electrons. The van der Waals surface area contributed by atoms with Crippen molar-refractivity contribution in [2.45, 2.75) is 25.3 Å².